The molecule has 0 amide bonds. The summed E-state index contributed by atoms with van der Waals surface area (Å²) in [5.41, 5.74) is 0. The third kappa shape index (κ3) is 2.71. The Morgan fingerprint density at radius 1 is 1.43 bits per heavy atom. The first-order valence-electron chi connectivity index (χ1n) is 5.63. The third-order valence-electron chi connectivity index (χ3n) is 3.18. The second kappa shape index (κ2) is 3.89. The summed E-state index contributed by atoms with van der Waals surface area (Å²) < 4.78 is 0. The van der Waals surface area contributed by atoms with Gasteiger partial charge in [0.25, 0.3) is 0 Å². The first-order valence-corrected chi connectivity index (χ1v) is 5.63. The molecule has 2 aliphatic carbocycles. The van der Waals surface area contributed by atoms with Crippen LogP contribution in [0.4, 0.5) is 0 Å². The van der Waals surface area contributed by atoms with E-state index in [9.17, 15) is 4.79 Å². The molecule has 2 aliphatic rings. The molecule has 0 aromatic rings. The van der Waals surface area contributed by atoms with Crippen LogP contribution < -0.4 is 0 Å². The fourth-order valence-corrected chi connectivity index (χ4v) is 1.87. The van der Waals surface area contributed by atoms with E-state index in [1.165, 1.54) is 25.7 Å². The molecule has 0 bridgehead atoms. The number of aliphatic carboxylic acids is 1. The van der Waals surface area contributed by atoms with Crippen LogP contribution >= 0.6 is 0 Å². The van der Waals surface area contributed by atoms with Gasteiger partial charge in [-0.05, 0) is 31.6 Å². The zero-order valence-corrected chi connectivity index (χ0v) is 8.78. The summed E-state index contributed by atoms with van der Waals surface area (Å²) in [6.45, 7) is 3.70. The van der Waals surface area contributed by atoms with Crippen LogP contribution in [0.1, 0.15) is 32.6 Å². The monoisotopic (exact) mass is 197 g/mol. The topological polar surface area (TPSA) is 40.5 Å². The second-order valence-electron chi connectivity index (χ2n) is 4.87. The van der Waals surface area contributed by atoms with Crippen LogP contribution in [0.5, 0.6) is 0 Å². The van der Waals surface area contributed by atoms with Crippen molar-refractivity contribution in [2.24, 2.45) is 11.8 Å². The minimum absolute atomic E-state index is 0.214. The molecule has 80 valence electrons. The molecule has 0 aromatic heterocycles. The molecule has 1 atom stereocenters. The van der Waals surface area contributed by atoms with E-state index in [2.05, 4.69) is 4.90 Å². The summed E-state index contributed by atoms with van der Waals surface area (Å²) in [5.74, 6) is -0.00241. The standard InChI is InChI=1S/C11H19NO2/c1-8(11(13)14)6-12(10-4-5-10)7-9-2-3-9/h8-10H,2-7H2,1H3,(H,13,14). The Hall–Kier alpha value is -0.570. The lowest BCUT2D eigenvalue weighted by molar-refractivity contribution is -0.141. The molecule has 0 aromatic carbocycles. The average molecular weight is 197 g/mol. The van der Waals surface area contributed by atoms with Crippen molar-refractivity contribution in [1.82, 2.24) is 4.90 Å². The molecule has 0 aliphatic heterocycles. The molecule has 2 saturated carbocycles. The van der Waals surface area contributed by atoms with E-state index in [-0.39, 0.29) is 5.92 Å². The van der Waals surface area contributed by atoms with Crippen molar-refractivity contribution in [1.29, 1.82) is 0 Å². The first kappa shape index (κ1) is 9.97. The third-order valence-corrected chi connectivity index (χ3v) is 3.18. The number of carboxylic acid groups (broad SMARTS) is 1. The molecule has 2 fully saturated rings. The van der Waals surface area contributed by atoms with Gasteiger partial charge in [0, 0.05) is 19.1 Å². The van der Waals surface area contributed by atoms with Gasteiger partial charge in [0.2, 0.25) is 0 Å². The van der Waals surface area contributed by atoms with Gasteiger partial charge < -0.3 is 5.11 Å². The van der Waals surface area contributed by atoms with Gasteiger partial charge in [-0.1, -0.05) is 6.92 Å². The van der Waals surface area contributed by atoms with Gasteiger partial charge in [-0.3, -0.25) is 9.69 Å². The summed E-state index contributed by atoms with van der Waals surface area (Å²) in [5, 5.41) is 8.86. The van der Waals surface area contributed by atoms with E-state index in [0.29, 0.717) is 6.04 Å². The Balaban J connectivity index is 1.79. The smallest absolute Gasteiger partial charge is 0.307 e. The van der Waals surface area contributed by atoms with Crippen molar-refractivity contribution in [2.75, 3.05) is 13.1 Å². The lowest BCUT2D eigenvalue weighted by Gasteiger charge is -2.23. The Labute approximate surface area is 85.1 Å². The fourth-order valence-electron chi connectivity index (χ4n) is 1.87. The molecule has 14 heavy (non-hydrogen) atoms. The van der Waals surface area contributed by atoms with Crippen LogP contribution in [-0.2, 0) is 4.79 Å². The maximum atomic E-state index is 10.8. The number of carbonyl (C=O) groups is 1. The summed E-state index contributed by atoms with van der Waals surface area (Å²) in [6, 6.07) is 0.706. The Morgan fingerprint density at radius 2 is 2.07 bits per heavy atom. The fraction of sp³-hybridized carbons (Fsp3) is 0.909. The first-order chi connectivity index (χ1) is 6.66. The normalized spacial score (nSPS) is 23.9. The van der Waals surface area contributed by atoms with Crippen molar-refractivity contribution < 1.29 is 9.90 Å². The zero-order valence-electron chi connectivity index (χ0n) is 8.78. The van der Waals surface area contributed by atoms with Gasteiger partial charge in [-0.2, -0.15) is 0 Å². The maximum Gasteiger partial charge on any atom is 0.307 e. The van der Waals surface area contributed by atoms with Crippen LogP contribution in [0.3, 0.4) is 0 Å². The van der Waals surface area contributed by atoms with Crippen molar-refractivity contribution in [3.8, 4) is 0 Å². The summed E-state index contributed by atoms with van der Waals surface area (Å²) >= 11 is 0. The lowest BCUT2D eigenvalue weighted by atomic mass is 10.1. The Bertz CT molecular complexity index is 221. The molecule has 2 rings (SSSR count). The second-order valence-corrected chi connectivity index (χ2v) is 4.87. The van der Waals surface area contributed by atoms with Crippen LogP contribution in [0.2, 0.25) is 0 Å². The largest absolute Gasteiger partial charge is 0.481 e. The molecule has 0 heterocycles. The molecule has 0 radical (unpaired) electrons. The number of nitrogens with zero attached hydrogens (tertiary/aromatic N) is 1. The van der Waals surface area contributed by atoms with E-state index in [1.54, 1.807) is 0 Å². The van der Waals surface area contributed by atoms with Gasteiger partial charge in [-0.25, -0.2) is 0 Å². The highest BCUT2D eigenvalue weighted by atomic mass is 16.4. The van der Waals surface area contributed by atoms with Crippen molar-refractivity contribution >= 4 is 5.97 Å². The van der Waals surface area contributed by atoms with Crippen LogP contribution in [0.25, 0.3) is 0 Å². The average Bonchev–Trinajstić information content (AvgIpc) is 2.98. The highest BCUT2D eigenvalue weighted by molar-refractivity contribution is 5.69. The molecule has 3 nitrogen and oxygen atoms in total. The van der Waals surface area contributed by atoms with Gasteiger partial charge in [-0.15, -0.1) is 0 Å². The molecule has 0 spiro atoms. The van der Waals surface area contributed by atoms with Crippen LogP contribution in [0.15, 0.2) is 0 Å². The van der Waals surface area contributed by atoms with Crippen molar-refractivity contribution in [2.45, 2.75) is 38.6 Å². The summed E-state index contributed by atoms with van der Waals surface area (Å²) in [4.78, 5) is 13.2. The van der Waals surface area contributed by atoms with E-state index in [0.717, 1.165) is 19.0 Å². The van der Waals surface area contributed by atoms with E-state index in [4.69, 9.17) is 5.11 Å². The van der Waals surface area contributed by atoms with E-state index < -0.39 is 5.97 Å². The highest BCUT2D eigenvalue weighted by Crippen LogP contribution is 2.35. The number of rotatable bonds is 6. The Kier molecular flexibility index (Phi) is 2.77. The summed E-state index contributed by atoms with van der Waals surface area (Å²) in [6.07, 6.45) is 5.26. The minimum atomic E-state index is -0.661. The number of carboxylic acids is 1. The maximum absolute atomic E-state index is 10.8. The molecule has 3 heteroatoms. The lowest BCUT2D eigenvalue weighted by Crippen LogP contribution is -2.35. The molecule has 0 saturated heterocycles. The van der Waals surface area contributed by atoms with Gasteiger partial charge >= 0.3 is 5.97 Å². The molecular formula is C11H19NO2. The van der Waals surface area contributed by atoms with E-state index in [1.807, 2.05) is 6.92 Å². The Morgan fingerprint density at radius 3 is 2.50 bits per heavy atom. The van der Waals surface area contributed by atoms with Gasteiger partial charge in [0.15, 0.2) is 0 Å². The SMILES string of the molecule is CC(CN(CC1CC1)C1CC1)C(=O)O. The molecular weight excluding hydrogens is 178 g/mol. The number of hydrogen-bond donors (Lipinski definition) is 1. The predicted octanol–water partition coefficient (Wildman–Crippen LogP) is 1.58. The van der Waals surface area contributed by atoms with Crippen molar-refractivity contribution in [3.63, 3.8) is 0 Å². The van der Waals surface area contributed by atoms with Crippen LogP contribution in [0, 0.1) is 11.8 Å². The van der Waals surface area contributed by atoms with Gasteiger partial charge in [0.1, 0.15) is 0 Å². The zero-order chi connectivity index (χ0) is 10.1. The molecule has 1 unspecified atom stereocenters. The van der Waals surface area contributed by atoms with Crippen LogP contribution in [-0.4, -0.2) is 35.1 Å². The highest BCUT2D eigenvalue weighted by Gasteiger charge is 2.34. The molecule has 1 N–H and O–H groups in total. The predicted molar refractivity (Wildman–Crippen MR) is 54.1 cm³/mol. The van der Waals surface area contributed by atoms with Crippen molar-refractivity contribution in [3.05, 3.63) is 0 Å². The summed E-state index contributed by atoms with van der Waals surface area (Å²) in [7, 11) is 0. The van der Waals surface area contributed by atoms with E-state index >= 15 is 0 Å². The van der Waals surface area contributed by atoms with Gasteiger partial charge in [0.05, 0.1) is 5.92 Å². The quantitative estimate of drug-likeness (QED) is 0.703. The number of hydrogen-bond acceptors (Lipinski definition) is 2. The minimum Gasteiger partial charge on any atom is -0.481 e.